The van der Waals surface area contributed by atoms with Crippen molar-refractivity contribution < 1.29 is 9.63 Å². The van der Waals surface area contributed by atoms with Crippen LogP contribution in [0, 0.1) is 0 Å². The molecule has 0 aliphatic carbocycles. The molecular weight excluding hydrogens is 286 g/mol. The zero-order valence-corrected chi connectivity index (χ0v) is 10.6. The number of halogens is 1. The molecule has 4 N–H and O–H groups in total. The number of primary amides is 1. The molecule has 2 aliphatic heterocycles. The Morgan fingerprint density at radius 3 is 3.12 bits per heavy atom. The Labute approximate surface area is 107 Å². The molecule has 2 heterocycles. The molecule has 0 radical (unpaired) electrons. The third-order valence-electron chi connectivity index (χ3n) is 3.34. The van der Waals surface area contributed by atoms with Crippen LogP contribution >= 0.6 is 15.9 Å². The van der Waals surface area contributed by atoms with Crippen LogP contribution in [0.4, 0.5) is 5.69 Å². The molecule has 1 spiro atoms. The number of rotatable bonds is 1. The third-order valence-corrected chi connectivity index (χ3v) is 3.83. The van der Waals surface area contributed by atoms with E-state index in [0.717, 1.165) is 15.7 Å². The molecule has 2 atom stereocenters. The summed E-state index contributed by atoms with van der Waals surface area (Å²) >= 11 is 3.44. The van der Waals surface area contributed by atoms with Crippen LogP contribution in [0.1, 0.15) is 12.0 Å². The molecule has 1 fully saturated rings. The van der Waals surface area contributed by atoms with Crippen molar-refractivity contribution in [3.8, 4) is 0 Å². The Morgan fingerprint density at radius 1 is 1.59 bits per heavy atom. The summed E-state index contributed by atoms with van der Waals surface area (Å²) in [5.41, 5.74) is 9.73. The number of hydrogen-bond donors (Lipinski definition) is 3. The van der Waals surface area contributed by atoms with Crippen molar-refractivity contribution in [3.63, 3.8) is 0 Å². The Bertz CT molecular complexity index is 494. The minimum Gasteiger partial charge on any atom is -0.368 e. The fraction of sp³-hybridized carbons (Fsp3) is 0.364. The van der Waals surface area contributed by atoms with Gasteiger partial charge >= 0.3 is 0 Å². The lowest BCUT2D eigenvalue weighted by Gasteiger charge is -2.20. The van der Waals surface area contributed by atoms with E-state index in [1.807, 2.05) is 18.2 Å². The third kappa shape index (κ3) is 1.64. The standard InChI is InChI=1S/C11H12BrN3O2/c12-6-1-2-8-7(3-6)11(17-15-8)4-9(10(13)16)14-5-11/h1-3,9,14-15H,4-5H2,(H2,13,16)/t9-,11-/m0/s1. The number of carbonyl (C=O) groups is 1. The van der Waals surface area contributed by atoms with Gasteiger partial charge in [-0.2, -0.15) is 0 Å². The summed E-state index contributed by atoms with van der Waals surface area (Å²) in [6.07, 6.45) is 0.554. The second-order valence-electron chi connectivity index (χ2n) is 4.43. The molecule has 0 unspecified atom stereocenters. The fourth-order valence-corrected chi connectivity index (χ4v) is 2.80. The molecule has 0 bridgehead atoms. The van der Waals surface area contributed by atoms with Crippen LogP contribution in [0.25, 0.3) is 0 Å². The van der Waals surface area contributed by atoms with Gasteiger partial charge in [0.05, 0.1) is 11.7 Å². The van der Waals surface area contributed by atoms with E-state index in [0.29, 0.717) is 13.0 Å². The van der Waals surface area contributed by atoms with Gasteiger partial charge in [-0.1, -0.05) is 15.9 Å². The van der Waals surface area contributed by atoms with Crippen molar-refractivity contribution in [1.29, 1.82) is 0 Å². The number of nitrogens with two attached hydrogens (primary N) is 1. The topological polar surface area (TPSA) is 76.4 Å². The monoisotopic (exact) mass is 297 g/mol. The number of amides is 1. The van der Waals surface area contributed by atoms with E-state index < -0.39 is 5.60 Å². The molecular formula is C11H12BrN3O2. The average Bonchev–Trinajstić information content (AvgIpc) is 2.86. The fourth-order valence-electron chi connectivity index (χ4n) is 2.44. The van der Waals surface area contributed by atoms with Gasteiger partial charge in [0, 0.05) is 23.0 Å². The van der Waals surface area contributed by atoms with E-state index in [1.165, 1.54) is 0 Å². The summed E-state index contributed by atoms with van der Waals surface area (Å²) in [6.45, 7) is 0.580. The van der Waals surface area contributed by atoms with Crippen molar-refractivity contribution in [3.05, 3.63) is 28.2 Å². The number of hydrogen-bond acceptors (Lipinski definition) is 4. The summed E-state index contributed by atoms with van der Waals surface area (Å²) in [6, 6.07) is 5.58. The van der Waals surface area contributed by atoms with Crippen molar-refractivity contribution >= 4 is 27.5 Å². The average molecular weight is 298 g/mol. The van der Waals surface area contributed by atoms with E-state index in [1.54, 1.807) is 0 Å². The SMILES string of the molecule is NC(=O)[C@@H]1C[C@@]2(CN1)ONc1ccc(Br)cc12. The van der Waals surface area contributed by atoms with Crippen LogP contribution in [0.5, 0.6) is 0 Å². The van der Waals surface area contributed by atoms with E-state index in [9.17, 15) is 4.79 Å². The maximum absolute atomic E-state index is 11.2. The number of carbonyl (C=O) groups excluding carboxylic acids is 1. The highest BCUT2D eigenvalue weighted by molar-refractivity contribution is 9.10. The highest BCUT2D eigenvalue weighted by Crippen LogP contribution is 2.44. The summed E-state index contributed by atoms with van der Waals surface area (Å²) in [5, 5.41) is 3.09. The molecule has 0 saturated carbocycles. The molecule has 1 saturated heterocycles. The second kappa shape index (κ2) is 3.69. The largest absolute Gasteiger partial charge is 0.368 e. The first-order chi connectivity index (χ1) is 8.11. The number of benzene rings is 1. The van der Waals surface area contributed by atoms with Gasteiger partial charge in [-0.15, -0.1) is 0 Å². The predicted octanol–water partition coefficient (Wildman–Crippen LogP) is 0.849. The summed E-state index contributed by atoms with van der Waals surface area (Å²) in [4.78, 5) is 16.9. The maximum Gasteiger partial charge on any atom is 0.234 e. The van der Waals surface area contributed by atoms with Gasteiger partial charge in [0.2, 0.25) is 5.91 Å². The Balaban J connectivity index is 1.98. The van der Waals surface area contributed by atoms with E-state index >= 15 is 0 Å². The molecule has 3 rings (SSSR count). The lowest BCUT2D eigenvalue weighted by Crippen LogP contribution is -2.36. The van der Waals surface area contributed by atoms with Gasteiger partial charge in [0.25, 0.3) is 0 Å². The Morgan fingerprint density at radius 2 is 2.41 bits per heavy atom. The van der Waals surface area contributed by atoms with Gasteiger partial charge < -0.3 is 11.1 Å². The molecule has 6 heteroatoms. The minimum atomic E-state index is -0.487. The van der Waals surface area contributed by atoms with Crippen molar-refractivity contribution in [2.75, 3.05) is 12.0 Å². The maximum atomic E-state index is 11.2. The lowest BCUT2D eigenvalue weighted by molar-refractivity contribution is -0.120. The predicted molar refractivity (Wildman–Crippen MR) is 66.1 cm³/mol. The smallest absolute Gasteiger partial charge is 0.234 e. The molecule has 1 amide bonds. The number of nitrogens with one attached hydrogen (secondary N) is 2. The number of anilines is 1. The molecule has 5 nitrogen and oxygen atoms in total. The number of fused-ring (bicyclic) bond motifs is 2. The van der Waals surface area contributed by atoms with E-state index in [4.69, 9.17) is 10.6 Å². The Hall–Kier alpha value is -1.11. The molecule has 2 aliphatic rings. The van der Waals surface area contributed by atoms with Crippen molar-refractivity contribution in [2.45, 2.75) is 18.1 Å². The lowest BCUT2D eigenvalue weighted by atomic mass is 9.91. The highest BCUT2D eigenvalue weighted by atomic mass is 79.9. The molecule has 0 aromatic heterocycles. The van der Waals surface area contributed by atoms with Crippen molar-refractivity contribution in [1.82, 2.24) is 5.32 Å². The molecule has 17 heavy (non-hydrogen) atoms. The first-order valence-electron chi connectivity index (χ1n) is 5.37. The minimum absolute atomic E-state index is 0.332. The molecule has 90 valence electrons. The van der Waals surface area contributed by atoms with Gasteiger partial charge in [-0.3, -0.25) is 15.1 Å². The second-order valence-corrected chi connectivity index (χ2v) is 5.34. The zero-order valence-electron chi connectivity index (χ0n) is 9.00. The Kier molecular flexibility index (Phi) is 2.39. The summed E-state index contributed by atoms with van der Waals surface area (Å²) in [5.74, 6) is -0.339. The molecule has 1 aromatic rings. The quantitative estimate of drug-likeness (QED) is 0.718. The van der Waals surface area contributed by atoms with Crippen LogP contribution in [0.2, 0.25) is 0 Å². The summed E-state index contributed by atoms with van der Waals surface area (Å²) < 4.78 is 0.991. The molecule has 1 aromatic carbocycles. The van der Waals surface area contributed by atoms with Gasteiger partial charge in [0.15, 0.2) is 0 Å². The van der Waals surface area contributed by atoms with Crippen molar-refractivity contribution in [2.24, 2.45) is 5.73 Å². The van der Waals surface area contributed by atoms with Gasteiger partial charge in [0.1, 0.15) is 5.60 Å². The van der Waals surface area contributed by atoms with Gasteiger partial charge in [-0.25, -0.2) is 0 Å². The van der Waals surface area contributed by atoms with Crippen LogP contribution in [0.3, 0.4) is 0 Å². The first-order valence-corrected chi connectivity index (χ1v) is 6.17. The van der Waals surface area contributed by atoms with Crippen LogP contribution in [-0.4, -0.2) is 18.5 Å². The van der Waals surface area contributed by atoms with Crippen LogP contribution < -0.4 is 16.5 Å². The first kappa shape index (κ1) is 11.0. The van der Waals surface area contributed by atoms with Crippen LogP contribution in [0.15, 0.2) is 22.7 Å². The van der Waals surface area contributed by atoms with E-state index in [2.05, 4.69) is 26.7 Å². The highest BCUT2D eigenvalue weighted by Gasteiger charge is 2.48. The zero-order chi connectivity index (χ0) is 12.0. The van der Waals surface area contributed by atoms with E-state index in [-0.39, 0.29) is 11.9 Å². The van der Waals surface area contributed by atoms with Crippen LogP contribution in [-0.2, 0) is 15.2 Å². The van der Waals surface area contributed by atoms with Gasteiger partial charge in [-0.05, 0) is 18.2 Å². The normalized spacial score (nSPS) is 30.3. The summed E-state index contributed by atoms with van der Waals surface area (Å²) in [7, 11) is 0.